The van der Waals surface area contributed by atoms with Crippen molar-refractivity contribution in [1.82, 2.24) is 5.32 Å². The second-order valence-electron chi connectivity index (χ2n) is 4.25. The largest absolute Gasteiger partial charge is 0.481 e. The molecule has 0 spiro atoms. The predicted molar refractivity (Wildman–Crippen MR) is 64.8 cm³/mol. The molecule has 0 aliphatic carbocycles. The van der Waals surface area contributed by atoms with Gasteiger partial charge in [0.05, 0.1) is 0 Å². The van der Waals surface area contributed by atoms with Gasteiger partial charge < -0.3 is 10.4 Å². The smallest absolute Gasteiger partial charge is 0.349 e. The molecule has 1 aromatic carbocycles. The van der Waals surface area contributed by atoms with Gasteiger partial charge in [-0.2, -0.15) is 8.78 Å². The van der Waals surface area contributed by atoms with Crippen molar-refractivity contribution in [2.75, 3.05) is 0 Å². The standard InChI is InChI=1S/C13H15F2NO3/c1-9(7-8-11(17)18)16-12(19)13(14,15)10-5-3-2-4-6-10/h2-6,9H,7-8H2,1H3,(H,16,19)(H,17,18). The lowest BCUT2D eigenvalue weighted by Crippen LogP contribution is -2.42. The first-order valence-electron chi connectivity index (χ1n) is 5.80. The highest BCUT2D eigenvalue weighted by Gasteiger charge is 2.41. The minimum Gasteiger partial charge on any atom is -0.481 e. The fourth-order valence-electron chi connectivity index (χ4n) is 1.51. The Hall–Kier alpha value is -1.98. The molecule has 0 saturated carbocycles. The fourth-order valence-corrected chi connectivity index (χ4v) is 1.51. The van der Waals surface area contributed by atoms with Crippen LogP contribution >= 0.6 is 0 Å². The number of halogens is 2. The quantitative estimate of drug-likeness (QED) is 0.833. The first-order chi connectivity index (χ1) is 8.84. The Morgan fingerprint density at radius 1 is 1.32 bits per heavy atom. The molecular weight excluding hydrogens is 256 g/mol. The SMILES string of the molecule is CC(CCC(=O)O)NC(=O)C(F)(F)c1ccccc1. The van der Waals surface area contributed by atoms with Crippen LogP contribution in [0.5, 0.6) is 0 Å². The molecule has 1 aromatic rings. The Labute approximate surface area is 109 Å². The number of carbonyl (C=O) groups is 2. The van der Waals surface area contributed by atoms with E-state index in [0.717, 1.165) is 0 Å². The number of carboxylic acid groups (broad SMARTS) is 1. The van der Waals surface area contributed by atoms with Crippen molar-refractivity contribution < 1.29 is 23.5 Å². The van der Waals surface area contributed by atoms with Gasteiger partial charge in [-0.1, -0.05) is 30.3 Å². The number of amides is 1. The van der Waals surface area contributed by atoms with E-state index < -0.39 is 29.4 Å². The minimum atomic E-state index is -3.63. The van der Waals surface area contributed by atoms with Crippen LogP contribution in [0.4, 0.5) is 8.78 Å². The first kappa shape index (κ1) is 15.1. The van der Waals surface area contributed by atoms with E-state index in [1.807, 2.05) is 0 Å². The molecule has 0 fully saturated rings. The number of alkyl halides is 2. The molecule has 2 N–H and O–H groups in total. The van der Waals surface area contributed by atoms with Crippen LogP contribution in [0.15, 0.2) is 30.3 Å². The van der Waals surface area contributed by atoms with Crippen molar-refractivity contribution in [3.05, 3.63) is 35.9 Å². The Balaban J connectivity index is 2.64. The summed E-state index contributed by atoms with van der Waals surface area (Å²) in [5.41, 5.74) is -0.391. The Bertz CT molecular complexity index is 448. The van der Waals surface area contributed by atoms with E-state index in [0.29, 0.717) is 0 Å². The molecule has 0 saturated heterocycles. The summed E-state index contributed by atoms with van der Waals surface area (Å²) in [7, 11) is 0. The highest BCUT2D eigenvalue weighted by atomic mass is 19.3. The molecule has 0 heterocycles. The maximum Gasteiger partial charge on any atom is 0.349 e. The molecule has 4 nitrogen and oxygen atoms in total. The van der Waals surface area contributed by atoms with Gasteiger partial charge in [-0.25, -0.2) is 0 Å². The summed E-state index contributed by atoms with van der Waals surface area (Å²) in [6.07, 6.45) is -0.0791. The second kappa shape index (κ2) is 6.26. The topological polar surface area (TPSA) is 66.4 Å². The normalized spacial score (nSPS) is 12.8. The molecule has 0 aliphatic rings. The van der Waals surface area contributed by atoms with Crippen LogP contribution in [-0.2, 0) is 15.5 Å². The van der Waals surface area contributed by atoms with Crippen molar-refractivity contribution in [1.29, 1.82) is 0 Å². The van der Waals surface area contributed by atoms with Gasteiger partial charge in [0.1, 0.15) is 0 Å². The van der Waals surface area contributed by atoms with Gasteiger partial charge in [0, 0.05) is 18.0 Å². The predicted octanol–water partition coefficient (Wildman–Crippen LogP) is 2.15. The van der Waals surface area contributed by atoms with Gasteiger partial charge in [-0.05, 0) is 13.3 Å². The van der Waals surface area contributed by atoms with E-state index in [4.69, 9.17) is 5.11 Å². The number of carboxylic acids is 1. The number of aliphatic carboxylic acids is 1. The van der Waals surface area contributed by atoms with Crippen LogP contribution in [-0.4, -0.2) is 23.0 Å². The summed E-state index contributed by atoms with van der Waals surface area (Å²) in [6, 6.07) is 6.13. The van der Waals surface area contributed by atoms with E-state index in [1.54, 1.807) is 6.07 Å². The number of hydrogen-bond acceptors (Lipinski definition) is 2. The summed E-state index contributed by atoms with van der Waals surface area (Å²) in [4.78, 5) is 21.9. The zero-order chi connectivity index (χ0) is 14.5. The van der Waals surface area contributed by atoms with Crippen LogP contribution < -0.4 is 5.32 Å². The fraction of sp³-hybridized carbons (Fsp3) is 0.385. The van der Waals surface area contributed by atoms with Gasteiger partial charge in [-0.3, -0.25) is 9.59 Å². The van der Waals surface area contributed by atoms with Gasteiger partial charge in [0.15, 0.2) is 0 Å². The number of hydrogen-bond donors (Lipinski definition) is 2. The summed E-state index contributed by atoms with van der Waals surface area (Å²) >= 11 is 0. The molecule has 6 heteroatoms. The van der Waals surface area contributed by atoms with Crippen LogP contribution in [0.2, 0.25) is 0 Å². The first-order valence-corrected chi connectivity index (χ1v) is 5.80. The van der Waals surface area contributed by atoms with Gasteiger partial charge in [0.2, 0.25) is 0 Å². The van der Waals surface area contributed by atoms with Gasteiger partial charge in [0.25, 0.3) is 5.91 Å². The third-order valence-corrected chi connectivity index (χ3v) is 2.59. The lowest BCUT2D eigenvalue weighted by Gasteiger charge is -2.19. The van der Waals surface area contributed by atoms with Crippen molar-refractivity contribution in [2.45, 2.75) is 31.7 Å². The summed E-state index contributed by atoms with van der Waals surface area (Å²) in [5.74, 6) is -6.08. The molecule has 0 bridgehead atoms. The van der Waals surface area contributed by atoms with Gasteiger partial charge in [-0.15, -0.1) is 0 Å². The average molecular weight is 271 g/mol. The van der Waals surface area contributed by atoms with Crippen molar-refractivity contribution in [3.63, 3.8) is 0 Å². The lowest BCUT2D eigenvalue weighted by atomic mass is 10.1. The van der Waals surface area contributed by atoms with Crippen molar-refractivity contribution >= 4 is 11.9 Å². The number of rotatable bonds is 6. The Morgan fingerprint density at radius 3 is 2.42 bits per heavy atom. The van der Waals surface area contributed by atoms with Crippen LogP contribution in [0.3, 0.4) is 0 Å². The number of nitrogens with one attached hydrogen (secondary N) is 1. The minimum absolute atomic E-state index is 0.103. The zero-order valence-corrected chi connectivity index (χ0v) is 10.4. The van der Waals surface area contributed by atoms with E-state index in [2.05, 4.69) is 5.32 Å². The van der Waals surface area contributed by atoms with E-state index in [1.165, 1.54) is 31.2 Å². The molecular formula is C13H15F2NO3. The highest BCUT2D eigenvalue weighted by Crippen LogP contribution is 2.28. The molecule has 0 aliphatic heterocycles. The third kappa shape index (κ3) is 4.31. The molecule has 19 heavy (non-hydrogen) atoms. The van der Waals surface area contributed by atoms with Crippen molar-refractivity contribution in [3.8, 4) is 0 Å². The highest BCUT2D eigenvalue weighted by molar-refractivity contribution is 5.85. The van der Waals surface area contributed by atoms with Gasteiger partial charge >= 0.3 is 11.9 Å². The van der Waals surface area contributed by atoms with Crippen LogP contribution in [0.1, 0.15) is 25.3 Å². The lowest BCUT2D eigenvalue weighted by molar-refractivity contribution is -0.148. The maximum atomic E-state index is 13.8. The Morgan fingerprint density at radius 2 is 1.89 bits per heavy atom. The van der Waals surface area contributed by atoms with Crippen LogP contribution in [0, 0.1) is 0 Å². The molecule has 0 aromatic heterocycles. The maximum absolute atomic E-state index is 13.8. The third-order valence-electron chi connectivity index (χ3n) is 2.59. The second-order valence-corrected chi connectivity index (χ2v) is 4.25. The number of carbonyl (C=O) groups excluding carboxylic acids is 1. The number of benzene rings is 1. The Kier molecular flexibility index (Phi) is 4.97. The monoisotopic (exact) mass is 271 g/mol. The molecule has 1 rings (SSSR count). The summed E-state index contributed by atoms with van der Waals surface area (Å²) in [6.45, 7) is 1.49. The van der Waals surface area contributed by atoms with E-state index in [9.17, 15) is 18.4 Å². The van der Waals surface area contributed by atoms with Crippen molar-refractivity contribution in [2.24, 2.45) is 0 Å². The van der Waals surface area contributed by atoms with E-state index in [-0.39, 0.29) is 12.8 Å². The molecule has 1 amide bonds. The summed E-state index contributed by atoms with van der Waals surface area (Å²) in [5, 5.41) is 10.6. The molecule has 1 atom stereocenters. The van der Waals surface area contributed by atoms with E-state index >= 15 is 0 Å². The molecule has 0 radical (unpaired) electrons. The zero-order valence-electron chi connectivity index (χ0n) is 10.4. The average Bonchev–Trinajstić information content (AvgIpc) is 2.37. The molecule has 1 unspecified atom stereocenters. The van der Waals surface area contributed by atoms with Crippen LogP contribution in [0.25, 0.3) is 0 Å². The molecule has 104 valence electrons. The summed E-state index contributed by atoms with van der Waals surface area (Å²) < 4.78 is 27.6.